The Balaban J connectivity index is 0.000000192. The van der Waals surface area contributed by atoms with Gasteiger partial charge in [-0.3, -0.25) is 0 Å². The molecule has 0 aliphatic heterocycles. The number of hydrogen-bond donors (Lipinski definition) is 2. The lowest BCUT2D eigenvalue weighted by Crippen LogP contribution is -2.13. The minimum atomic E-state index is 0.627. The van der Waals surface area contributed by atoms with Crippen LogP contribution in [0.3, 0.4) is 0 Å². The zero-order chi connectivity index (χ0) is 14.1. The molecular weight excluding hydrogens is 244 g/mol. The fraction of sp³-hybridized carbons (Fsp3) is 0.417. The van der Waals surface area contributed by atoms with E-state index in [0.29, 0.717) is 11.0 Å². The molecule has 1 heterocycles. The standard InChI is InChI=1S/C6H5N3O.C6H13N3/c10-9-6-4-2-1-3-5(6)7-8-9;1-9(2)5-3-4-8-6-7/h1-4,10H;7H,3-5H2,1-2H3. The number of nitrogens with zero attached hydrogens (tertiary/aromatic N) is 5. The molecule has 0 aliphatic rings. The molecule has 0 radical (unpaired) electrons. The molecule has 19 heavy (non-hydrogen) atoms. The molecule has 0 fully saturated rings. The topological polar surface area (TPSA) is 90.4 Å². The van der Waals surface area contributed by atoms with Crippen LogP contribution in [0.5, 0.6) is 0 Å². The van der Waals surface area contributed by atoms with Crippen molar-refractivity contribution in [2.24, 2.45) is 4.99 Å². The van der Waals surface area contributed by atoms with Crippen molar-refractivity contribution in [3.05, 3.63) is 24.3 Å². The number of aliphatic imine (C=N–C) groups is 1. The van der Waals surface area contributed by atoms with Crippen LogP contribution in [0.25, 0.3) is 11.0 Å². The van der Waals surface area contributed by atoms with Crippen molar-refractivity contribution in [1.29, 1.82) is 5.41 Å². The average Bonchev–Trinajstić information content (AvgIpc) is 2.78. The summed E-state index contributed by atoms with van der Waals surface area (Å²) in [5.74, 6) is 0. The van der Waals surface area contributed by atoms with Gasteiger partial charge in [-0.15, -0.1) is 5.10 Å². The van der Waals surface area contributed by atoms with Gasteiger partial charge in [0.15, 0.2) is 0 Å². The van der Waals surface area contributed by atoms with E-state index in [1.807, 2.05) is 32.2 Å². The fourth-order valence-corrected chi connectivity index (χ4v) is 1.38. The van der Waals surface area contributed by atoms with Gasteiger partial charge in [-0.1, -0.05) is 17.0 Å². The van der Waals surface area contributed by atoms with E-state index in [0.717, 1.165) is 24.4 Å². The van der Waals surface area contributed by atoms with E-state index in [1.54, 1.807) is 12.1 Å². The highest BCUT2D eigenvalue weighted by Crippen LogP contribution is 2.06. The predicted molar refractivity (Wildman–Crippen MR) is 72.9 cm³/mol. The molecule has 1 aromatic carbocycles. The Labute approximate surface area is 111 Å². The van der Waals surface area contributed by atoms with Gasteiger partial charge in [-0.2, -0.15) is 0 Å². The zero-order valence-corrected chi connectivity index (χ0v) is 11.1. The van der Waals surface area contributed by atoms with Crippen molar-refractivity contribution in [1.82, 2.24) is 20.1 Å². The van der Waals surface area contributed by atoms with Crippen LogP contribution in [0.1, 0.15) is 6.42 Å². The Bertz CT molecular complexity index is 544. The number of benzene rings is 1. The van der Waals surface area contributed by atoms with Crippen molar-refractivity contribution >= 4 is 17.0 Å². The van der Waals surface area contributed by atoms with Crippen LogP contribution in [0.4, 0.5) is 0 Å². The summed E-state index contributed by atoms with van der Waals surface area (Å²) >= 11 is 0. The summed E-state index contributed by atoms with van der Waals surface area (Å²) in [6.45, 7) is 1.76. The summed E-state index contributed by atoms with van der Waals surface area (Å²) < 4.78 is 0. The average molecular weight is 262 g/mol. The lowest BCUT2D eigenvalue weighted by molar-refractivity contribution is 0.155. The van der Waals surface area contributed by atoms with Crippen molar-refractivity contribution in [3.63, 3.8) is 0 Å². The number of aromatic nitrogens is 3. The Hall–Kier alpha value is -2.24. The van der Waals surface area contributed by atoms with Crippen molar-refractivity contribution in [2.75, 3.05) is 27.2 Å². The number of para-hydroxylation sites is 1. The summed E-state index contributed by atoms with van der Waals surface area (Å²) in [7, 11) is 4.04. The third-order valence-corrected chi connectivity index (χ3v) is 2.29. The van der Waals surface area contributed by atoms with E-state index in [4.69, 9.17) is 10.6 Å². The van der Waals surface area contributed by atoms with Gasteiger partial charge >= 0.3 is 0 Å². The first-order chi connectivity index (χ1) is 9.15. The van der Waals surface area contributed by atoms with Gasteiger partial charge in [0.05, 0.1) is 12.6 Å². The third-order valence-electron chi connectivity index (χ3n) is 2.29. The lowest BCUT2D eigenvalue weighted by Gasteiger charge is -2.05. The van der Waals surface area contributed by atoms with Crippen LogP contribution in [0, 0.1) is 5.41 Å². The zero-order valence-electron chi connectivity index (χ0n) is 11.1. The summed E-state index contributed by atoms with van der Waals surface area (Å²) in [5, 5.41) is 22.5. The van der Waals surface area contributed by atoms with E-state index in [2.05, 4.69) is 20.2 Å². The second kappa shape index (κ2) is 7.97. The third kappa shape index (κ3) is 5.29. The smallest absolute Gasteiger partial charge is 0.130 e. The molecule has 0 saturated carbocycles. The summed E-state index contributed by atoms with van der Waals surface area (Å²) in [5.41, 5.74) is 1.33. The first-order valence-electron chi connectivity index (χ1n) is 5.88. The Morgan fingerprint density at radius 1 is 1.42 bits per heavy atom. The van der Waals surface area contributed by atoms with E-state index >= 15 is 0 Å². The van der Waals surface area contributed by atoms with Crippen LogP contribution >= 0.6 is 0 Å². The van der Waals surface area contributed by atoms with Crippen LogP contribution < -0.4 is 0 Å². The number of fused-ring (bicyclic) bond motifs is 1. The molecule has 7 heteroatoms. The van der Waals surface area contributed by atoms with E-state index < -0.39 is 0 Å². The molecule has 0 aliphatic carbocycles. The Morgan fingerprint density at radius 3 is 2.79 bits per heavy atom. The SMILES string of the molecule is CN(C)CCCN=C=N.On1nnc2ccccc21. The van der Waals surface area contributed by atoms with Crippen LogP contribution in [-0.4, -0.2) is 58.5 Å². The number of nitrogens with one attached hydrogen (secondary N) is 1. The molecule has 0 amide bonds. The van der Waals surface area contributed by atoms with E-state index in [1.165, 1.54) is 0 Å². The van der Waals surface area contributed by atoms with Gasteiger partial charge in [0.1, 0.15) is 11.0 Å². The fourth-order valence-electron chi connectivity index (χ4n) is 1.38. The highest BCUT2D eigenvalue weighted by Gasteiger charge is 1.98. The second-order valence-electron chi connectivity index (χ2n) is 4.12. The van der Waals surface area contributed by atoms with Gasteiger partial charge in [0.2, 0.25) is 0 Å². The molecule has 7 nitrogen and oxygen atoms in total. The van der Waals surface area contributed by atoms with Gasteiger partial charge in [0.25, 0.3) is 0 Å². The molecular formula is C12H18N6O. The molecule has 102 valence electrons. The lowest BCUT2D eigenvalue weighted by atomic mass is 10.3. The molecule has 2 aromatic rings. The van der Waals surface area contributed by atoms with Crippen LogP contribution in [0.2, 0.25) is 0 Å². The normalized spacial score (nSPS) is 9.84. The maximum atomic E-state index is 8.95. The van der Waals surface area contributed by atoms with Gasteiger partial charge < -0.3 is 10.1 Å². The van der Waals surface area contributed by atoms with Gasteiger partial charge in [-0.25, -0.2) is 10.4 Å². The summed E-state index contributed by atoms with van der Waals surface area (Å²) in [6.07, 6.45) is 1.01. The molecule has 2 N–H and O–H groups in total. The Kier molecular flexibility index (Phi) is 6.21. The quantitative estimate of drug-likeness (QED) is 0.494. The largest absolute Gasteiger partial charge is 0.410 e. The van der Waals surface area contributed by atoms with E-state index in [9.17, 15) is 0 Å². The highest BCUT2D eigenvalue weighted by molar-refractivity contribution is 5.73. The summed E-state index contributed by atoms with van der Waals surface area (Å²) in [4.78, 5) is 6.49. The first kappa shape index (κ1) is 14.8. The van der Waals surface area contributed by atoms with Crippen LogP contribution in [-0.2, 0) is 0 Å². The van der Waals surface area contributed by atoms with Crippen molar-refractivity contribution in [2.45, 2.75) is 6.42 Å². The Morgan fingerprint density at radius 2 is 2.16 bits per heavy atom. The maximum Gasteiger partial charge on any atom is 0.130 e. The minimum absolute atomic E-state index is 0.627. The molecule has 1 aromatic heterocycles. The van der Waals surface area contributed by atoms with Gasteiger partial charge in [-0.05, 0) is 44.4 Å². The van der Waals surface area contributed by atoms with E-state index in [-0.39, 0.29) is 0 Å². The van der Waals surface area contributed by atoms with Crippen LogP contribution in [0.15, 0.2) is 29.3 Å². The molecule has 0 spiro atoms. The molecule has 0 bridgehead atoms. The minimum Gasteiger partial charge on any atom is -0.410 e. The predicted octanol–water partition coefficient (Wildman–Crippen LogP) is 1.36. The molecule has 0 saturated heterocycles. The first-order valence-corrected chi connectivity index (χ1v) is 5.88. The maximum absolute atomic E-state index is 8.95. The van der Waals surface area contributed by atoms with Crippen molar-refractivity contribution < 1.29 is 5.21 Å². The van der Waals surface area contributed by atoms with Crippen molar-refractivity contribution in [3.8, 4) is 0 Å². The number of rotatable bonds is 4. The second-order valence-corrected chi connectivity index (χ2v) is 4.12. The van der Waals surface area contributed by atoms with Gasteiger partial charge in [0, 0.05) is 0 Å². The molecule has 0 atom stereocenters. The summed E-state index contributed by atoms with van der Waals surface area (Å²) in [6, 6.07) is 9.19. The monoisotopic (exact) mass is 262 g/mol. The highest BCUT2D eigenvalue weighted by atomic mass is 16.5. The molecule has 0 unspecified atom stereocenters. The molecule has 2 rings (SSSR count). The number of hydrogen-bond acceptors (Lipinski definition) is 6.